The molecule has 0 bridgehead atoms. The van der Waals surface area contributed by atoms with E-state index < -0.39 is 0 Å². The van der Waals surface area contributed by atoms with Gasteiger partial charge in [-0.2, -0.15) is 5.26 Å². The fourth-order valence-corrected chi connectivity index (χ4v) is 2.95. The summed E-state index contributed by atoms with van der Waals surface area (Å²) in [7, 11) is 1.57. The van der Waals surface area contributed by atoms with Gasteiger partial charge >= 0.3 is 0 Å². The molecule has 1 aromatic heterocycles. The Kier molecular flexibility index (Phi) is 2.44. The van der Waals surface area contributed by atoms with Crippen LogP contribution in [0, 0.1) is 11.3 Å². The molecule has 0 saturated heterocycles. The summed E-state index contributed by atoms with van der Waals surface area (Å²) in [5.41, 5.74) is 0.595. The minimum atomic E-state index is 0.595. The lowest BCUT2D eigenvalue weighted by Gasteiger charge is -2.05. The van der Waals surface area contributed by atoms with Gasteiger partial charge in [0.25, 0.3) is 0 Å². The molecule has 0 N–H and O–H groups in total. The van der Waals surface area contributed by atoms with Crippen molar-refractivity contribution in [2.24, 2.45) is 0 Å². The summed E-state index contributed by atoms with van der Waals surface area (Å²) < 4.78 is 7.10. The molecule has 0 amide bonds. The lowest BCUT2D eigenvalue weighted by Crippen LogP contribution is -1.89. The minimum absolute atomic E-state index is 0.595. The lowest BCUT2D eigenvalue weighted by atomic mass is 10.1. The van der Waals surface area contributed by atoms with Crippen LogP contribution < -0.4 is 4.74 Å². The van der Waals surface area contributed by atoms with E-state index in [2.05, 4.69) is 22.0 Å². The highest BCUT2D eigenvalue weighted by atomic mass is 79.9. The molecule has 2 nitrogen and oxygen atoms in total. The number of methoxy groups -OCH3 is 1. The second-order valence-corrected chi connectivity index (χ2v) is 4.51. The first-order valence-electron chi connectivity index (χ1n) is 3.91. The predicted octanol–water partition coefficient (Wildman–Crippen LogP) is 3.54. The summed E-state index contributed by atoms with van der Waals surface area (Å²) in [5.74, 6) is 0.610. The average molecular weight is 268 g/mol. The Hall–Kier alpha value is -1.05. The van der Waals surface area contributed by atoms with Gasteiger partial charge < -0.3 is 4.74 Å². The van der Waals surface area contributed by atoms with Gasteiger partial charge in [0, 0.05) is 10.1 Å². The normalized spacial score (nSPS) is 10.1. The summed E-state index contributed by atoms with van der Waals surface area (Å²) >= 11 is 5.00. The van der Waals surface area contributed by atoms with Crippen molar-refractivity contribution in [1.29, 1.82) is 5.26 Å². The maximum atomic E-state index is 9.04. The summed E-state index contributed by atoms with van der Waals surface area (Å²) in [4.78, 5) is 0. The van der Waals surface area contributed by atoms with E-state index in [9.17, 15) is 0 Å². The van der Waals surface area contributed by atoms with Gasteiger partial charge in [-0.1, -0.05) is 0 Å². The van der Waals surface area contributed by atoms with Crippen molar-refractivity contribution in [3.05, 3.63) is 27.5 Å². The molecule has 0 spiro atoms. The Morgan fingerprint density at radius 1 is 1.57 bits per heavy atom. The van der Waals surface area contributed by atoms with Crippen LogP contribution in [-0.4, -0.2) is 7.11 Å². The highest BCUT2D eigenvalue weighted by molar-refractivity contribution is 9.10. The lowest BCUT2D eigenvalue weighted by molar-refractivity contribution is 0.411. The zero-order valence-electron chi connectivity index (χ0n) is 7.37. The van der Waals surface area contributed by atoms with Crippen LogP contribution in [-0.2, 0) is 0 Å². The highest BCUT2D eigenvalue weighted by Gasteiger charge is 2.12. The molecule has 0 saturated carbocycles. The van der Waals surface area contributed by atoms with Crippen molar-refractivity contribution in [3.8, 4) is 11.8 Å². The number of hydrogen-bond acceptors (Lipinski definition) is 3. The van der Waals surface area contributed by atoms with Crippen molar-refractivity contribution in [1.82, 2.24) is 0 Å². The van der Waals surface area contributed by atoms with E-state index in [-0.39, 0.29) is 0 Å². The van der Waals surface area contributed by atoms with Gasteiger partial charge in [-0.3, -0.25) is 0 Å². The largest absolute Gasteiger partial charge is 0.494 e. The van der Waals surface area contributed by atoms with Crippen molar-refractivity contribution >= 4 is 37.4 Å². The first kappa shape index (κ1) is 9.50. The second kappa shape index (κ2) is 3.60. The first-order chi connectivity index (χ1) is 6.77. The number of rotatable bonds is 1. The summed E-state index contributed by atoms with van der Waals surface area (Å²) in [6, 6.07) is 6.08. The van der Waals surface area contributed by atoms with Crippen LogP contribution in [0.4, 0.5) is 0 Å². The third-order valence-electron chi connectivity index (χ3n) is 1.98. The van der Waals surface area contributed by atoms with Crippen LogP contribution >= 0.6 is 27.3 Å². The molecule has 0 aliphatic heterocycles. The Labute approximate surface area is 93.9 Å². The molecule has 14 heavy (non-hydrogen) atoms. The molecule has 0 radical (unpaired) electrons. The quantitative estimate of drug-likeness (QED) is 0.792. The third kappa shape index (κ3) is 1.29. The fraction of sp³-hybridized carbons (Fsp3) is 0.100. The van der Waals surface area contributed by atoms with Crippen LogP contribution in [0.1, 0.15) is 5.56 Å². The molecule has 70 valence electrons. The molecule has 0 aliphatic carbocycles. The SMILES string of the molecule is COc1c(Br)cc2sccc2c1C#N. The van der Waals surface area contributed by atoms with Gasteiger partial charge in [0.2, 0.25) is 0 Å². The molecule has 4 heteroatoms. The molecule has 1 aromatic carbocycles. The van der Waals surface area contributed by atoms with Crippen LogP contribution in [0.25, 0.3) is 10.1 Å². The van der Waals surface area contributed by atoms with E-state index in [0.717, 1.165) is 14.6 Å². The molecule has 2 rings (SSSR count). The third-order valence-corrected chi connectivity index (χ3v) is 3.44. The highest BCUT2D eigenvalue weighted by Crippen LogP contribution is 2.37. The molecular formula is C10H6BrNOS. The van der Waals surface area contributed by atoms with E-state index in [1.807, 2.05) is 17.5 Å². The average Bonchev–Trinajstić information content (AvgIpc) is 2.62. The van der Waals surface area contributed by atoms with Gasteiger partial charge in [-0.05, 0) is 33.4 Å². The van der Waals surface area contributed by atoms with Gasteiger partial charge in [0.1, 0.15) is 11.6 Å². The monoisotopic (exact) mass is 267 g/mol. The van der Waals surface area contributed by atoms with Crippen LogP contribution in [0.3, 0.4) is 0 Å². The van der Waals surface area contributed by atoms with Crippen LogP contribution in [0.15, 0.2) is 22.0 Å². The molecule has 0 fully saturated rings. The number of fused-ring (bicyclic) bond motifs is 1. The number of nitriles is 1. The Bertz CT molecular complexity index is 527. The standard InChI is InChI=1S/C10H6BrNOS/c1-13-10-7(5-12)6-2-3-14-9(6)4-8(10)11/h2-4H,1H3. The predicted molar refractivity (Wildman–Crippen MR) is 60.8 cm³/mol. The van der Waals surface area contributed by atoms with Crippen LogP contribution in [0.5, 0.6) is 5.75 Å². The summed E-state index contributed by atoms with van der Waals surface area (Å²) in [5, 5.41) is 12.0. The van der Waals surface area contributed by atoms with E-state index >= 15 is 0 Å². The van der Waals surface area contributed by atoms with Crippen molar-refractivity contribution in [3.63, 3.8) is 0 Å². The van der Waals surface area contributed by atoms with Gasteiger partial charge in [-0.15, -0.1) is 11.3 Å². The summed E-state index contributed by atoms with van der Waals surface area (Å²) in [6.07, 6.45) is 0. The fourth-order valence-electron chi connectivity index (χ4n) is 1.37. The zero-order chi connectivity index (χ0) is 10.1. The Morgan fingerprint density at radius 3 is 3.00 bits per heavy atom. The topological polar surface area (TPSA) is 33.0 Å². The number of halogens is 1. The number of ether oxygens (including phenoxy) is 1. The maximum Gasteiger partial charge on any atom is 0.151 e. The van der Waals surface area contributed by atoms with Crippen molar-refractivity contribution < 1.29 is 4.74 Å². The first-order valence-corrected chi connectivity index (χ1v) is 5.59. The molecule has 0 atom stereocenters. The van der Waals surface area contributed by atoms with Crippen molar-refractivity contribution in [2.45, 2.75) is 0 Å². The molecule has 0 aliphatic rings. The Morgan fingerprint density at radius 2 is 2.36 bits per heavy atom. The number of hydrogen-bond donors (Lipinski definition) is 0. The Balaban J connectivity index is 2.91. The summed E-state index contributed by atoms with van der Waals surface area (Å²) in [6.45, 7) is 0. The van der Waals surface area contributed by atoms with Gasteiger partial charge in [0.15, 0.2) is 5.75 Å². The van der Waals surface area contributed by atoms with Crippen molar-refractivity contribution in [2.75, 3.05) is 7.11 Å². The second-order valence-electron chi connectivity index (χ2n) is 2.71. The maximum absolute atomic E-state index is 9.04. The molecular weight excluding hydrogens is 262 g/mol. The molecule has 2 aromatic rings. The number of thiophene rings is 1. The van der Waals surface area contributed by atoms with Gasteiger partial charge in [0.05, 0.1) is 11.6 Å². The van der Waals surface area contributed by atoms with E-state index in [1.165, 1.54) is 0 Å². The minimum Gasteiger partial charge on any atom is -0.494 e. The van der Waals surface area contributed by atoms with E-state index in [1.54, 1.807) is 18.4 Å². The van der Waals surface area contributed by atoms with E-state index in [4.69, 9.17) is 10.00 Å². The number of benzene rings is 1. The van der Waals surface area contributed by atoms with Gasteiger partial charge in [-0.25, -0.2) is 0 Å². The van der Waals surface area contributed by atoms with Crippen LogP contribution in [0.2, 0.25) is 0 Å². The smallest absolute Gasteiger partial charge is 0.151 e. The van der Waals surface area contributed by atoms with E-state index in [0.29, 0.717) is 11.3 Å². The molecule has 1 heterocycles. The zero-order valence-corrected chi connectivity index (χ0v) is 9.78. The molecule has 0 unspecified atom stereocenters. The number of nitrogens with zero attached hydrogens (tertiary/aromatic N) is 1.